The maximum Gasteiger partial charge on any atom is 0.316 e. The molecule has 5 nitrogen and oxygen atoms in total. The first kappa shape index (κ1) is 14.5. The van der Waals surface area contributed by atoms with Crippen LogP contribution in [0.25, 0.3) is 0 Å². The van der Waals surface area contributed by atoms with E-state index in [0.29, 0.717) is 17.3 Å². The fourth-order valence-electron chi connectivity index (χ4n) is 1.47. The lowest BCUT2D eigenvalue weighted by Crippen LogP contribution is -2.25. The average Bonchev–Trinajstić information content (AvgIpc) is 2.84. The minimum absolute atomic E-state index is 0.319. The van der Waals surface area contributed by atoms with Gasteiger partial charge in [0.2, 0.25) is 0 Å². The zero-order valence-electron chi connectivity index (χ0n) is 11.6. The summed E-state index contributed by atoms with van der Waals surface area (Å²) in [6.45, 7) is 5.89. The molecule has 2 aromatic rings. The predicted octanol–water partition coefficient (Wildman–Crippen LogP) is 2.93. The Morgan fingerprint density at radius 2 is 1.95 bits per heavy atom. The van der Waals surface area contributed by atoms with Gasteiger partial charge in [-0.2, -0.15) is 15.0 Å². The SMILES string of the molecule is CC(C)(C)C(=O)Oc1ccc(Cn2nccn2)cc1Cl. The summed E-state index contributed by atoms with van der Waals surface area (Å²) in [5.74, 6) is 0.0460. The second kappa shape index (κ2) is 5.63. The van der Waals surface area contributed by atoms with Crippen LogP contribution >= 0.6 is 11.6 Å². The molecular formula is C14H16ClN3O2. The van der Waals surface area contributed by atoms with Crippen LogP contribution in [0.5, 0.6) is 5.75 Å². The number of esters is 1. The molecule has 2 rings (SSSR count). The minimum atomic E-state index is -0.568. The molecule has 0 bridgehead atoms. The van der Waals surface area contributed by atoms with E-state index in [9.17, 15) is 4.79 Å². The van der Waals surface area contributed by atoms with E-state index in [4.69, 9.17) is 16.3 Å². The van der Waals surface area contributed by atoms with Crippen molar-refractivity contribution in [1.29, 1.82) is 0 Å². The van der Waals surface area contributed by atoms with Gasteiger partial charge in [0.1, 0.15) is 5.75 Å². The van der Waals surface area contributed by atoms with Crippen molar-refractivity contribution in [2.24, 2.45) is 5.41 Å². The molecule has 0 N–H and O–H groups in total. The van der Waals surface area contributed by atoms with Crippen LogP contribution in [0.4, 0.5) is 0 Å². The summed E-state index contributed by atoms with van der Waals surface area (Å²) in [4.78, 5) is 13.4. The van der Waals surface area contributed by atoms with Crippen molar-refractivity contribution in [3.63, 3.8) is 0 Å². The Morgan fingerprint density at radius 1 is 1.30 bits per heavy atom. The molecule has 0 fully saturated rings. The third-order valence-electron chi connectivity index (χ3n) is 2.60. The molecule has 1 aromatic carbocycles. The van der Waals surface area contributed by atoms with Crippen molar-refractivity contribution < 1.29 is 9.53 Å². The van der Waals surface area contributed by atoms with E-state index in [0.717, 1.165) is 5.56 Å². The highest BCUT2D eigenvalue weighted by atomic mass is 35.5. The number of rotatable bonds is 3. The number of halogens is 1. The van der Waals surface area contributed by atoms with E-state index >= 15 is 0 Å². The van der Waals surface area contributed by atoms with Gasteiger partial charge in [0.25, 0.3) is 0 Å². The quantitative estimate of drug-likeness (QED) is 0.645. The van der Waals surface area contributed by atoms with Gasteiger partial charge in [-0.3, -0.25) is 4.79 Å². The summed E-state index contributed by atoms with van der Waals surface area (Å²) in [5.41, 5.74) is 0.364. The highest BCUT2D eigenvalue weighted by Crippen LogP contribution is 2.28. The molecule has 0 unspecified atom stereocenters. The lowest BCUT2D eigenvalue weighted by Gasteiger charge is -2.17. The molecule has 0 saturated carbocycles. The number of carbonyl (C=O) groups excluding carboxylic acids is 1. The zero-order chi connectivity index (χ0) is 14.8. The van der Waals surface area contributed by atoms with Crippen LogP contribution in [0, 0.1) is 5.41 Å². The van der Waals surface area contributed by atoms with E-state index in [2.05, 4.69) is 10.2 Å². The van der Waals surface area contributed by atoms with Crippen LogP contribution in [0.2, 0.25) is 5.02 Å². The van der Waals surface area contributed by atoms with Crippen molar-refractivity contribution in [1.82, 2.24) is 15.0 Å². The molecule has 0 radical (unpaired) electrons. The van der Waals surface area contributed by atoms with Gasteiger partial charge in [-0.15, -0.1) is 0 Å². The van der Waals surface area contributed by atoms with Gasteiger partial charge in [0, 0.05) is 0 Å². The zero-order valence-corrected chi connectivity index (χ0v) is 12.4. The van der Waals surface area contributed by atoms with Crippen molar-refractivity contribution >= 4 is 17.6 Å². The molecule has 0 saturated heterocycles. The molecule has 6 heteroatoms. The summed E-state index contributed by atoms with van der Waals surface area (Å²) in [7, 11) is 0. The van der Waals surface area contributed by atoms with Gasteiger partial charge < -0.3 is 4.74 Å². The third-order valence-corrected chi connectivity index (χ3v) is 2.90. The number of hydrogen-bond acceptors (Lipinski definition) is 4. The molecule has 0 amide bonds. The van der Waals surface area contributed by atoms with E-state index in [1.165, 1.54) is 0 Å². The molecule has 106 valence electrons. The molecule has 20 heavy (non-hydrogen) atoms. The molecular weight excluding hydrogens is 278 g/mol. The van der Waals surface area contributed by atoms with E-state index in [1.807, 2.05) is 6.07 Å². The normalized spacial score (nSPS) is 11.4. The van der Waals surface area contributed by atoms with Crippen LogP contribution in [0.1, 0.15) is 26.3 Å². The first-order valence-electron chi connectivity index (χ1n) is 6.21. The third kappa shape index (κ3) is 3.57. The first-order valence-corrected chi connectivity index (χ1v) is 6.59. The van der Waals surface area contributed by atoms with Crippen LogP contribution in [0.3, 0.4) is 0 Å². The van der Waals surface area contributed by atoms with Gasteiger partial charge in [0.05, 0.1) is 29.4 Å². The molecule has 0 atom stereocenters. The van der Waals surface area contributed by atoms with Gasteiger partial charge in [-0.05, 0) is 38.5 Å². The Hall–Kier alpha value is -1.88. The molecule has 0 aliphatic carbocycles. The average molecular weight is 294 g/mol. The lowest BCUT2D eigenvalue weighted by molar-refractivity contribution is -0.142. The fraction of sp³-hybridized carbons (Fsp3) is 0.357. The summed E-state index contributed by atoms with van der Waals surface area (Å²) >= 11 is 6.14. The first-order chi connectivity index (χ1) is 9.36. The Morgan fingerprint density at radius 3 is 2.50 bits per heavy atom. The van der Waals surface area contributed by atoms with Crippen LogP contribution in [-0.2, 0) is 11.3 Å². The van der Waals surface area contributed by atoms with E-state index in [1.54, 1.807) is 50.1 Å². The molecule has 0 aliphatic heterocycles. The topological polar surface area (TPSA) is 57.0 Å². The maximum absolute atomic E-state index is 11.8. The minimum Gasteiger partial charge on any atom is -0.425 e. The standard InChI is InChI=1S/C14H16ClN3O2/c1-14(2,3)13(19)20-12-5-4-10(8-11(12)15)9-18-16-6-7-17-18/h4-8H,9H2,1-3H3. The van der Waals surface area contributed by atoms with Crippen LogP contribution in [0.15, 0.2) is 30.6 Å². The summed E-state index contributed by atoms with van der Waals surface area (Å²) < 4.78 is 5.29. The number of benzene rings is 1. The summed E-state index contributed by atoms with van der Waals surface area (Å²) in [6.07, 6.45) is 3.22. The van der Waals surface area contributed by atoms with Gasteiger partial charge in [-0.25, -0.2) is 0 Å². The molecule has 1 aromatic heterocycles. The predicted molar refractivity (Wildman–Crippen MR) is 75.7 cm³/mol. The van der Waals surface area contributed by atoms with Gasteiger partial charge >= 0.3 is 5.97 Å². The molecule has 0 aliphatic rings. The van der Waals surface area contributed by atoms with Crippen molar-refractivity contribution in [3.05, 3.63) is 41.2 Å². The second-order valence-electron chi connectivity index (χ2n) is 5.46. The highest BCUT2D eigenvalue weighted by Gasteiger charge is 2.24. The Kier molecular flexibility index (Phi) is 4.09. The van der Waals surface area contributed by atoms with Gasteiger partial charge in [-0.1, -0.05) is 17.7 Å². The largest absolute Gasteiger partial charge is 0.425 e. The van der Waals surface area contributed by atoms with Crippen LogP contribution < -0.4 is 4.74 Å². The van der Waals surface area contributed by atoms with Crippen molar-refractivity contribution in [3.8, 4) is 5.75 Å². The number of hydrogen-bond donors (Lipinski definition) is 0. The molecule has 1 heterocycles. The number of aromatic nitrogens is 3. The van der Waals surface area contributed by atoms with Crippen LogP contribution in [-0.4, -0.2) is 21.0 Å². The Labute approximate surface area is 122 Å². The number of ether oxygens (including phenoxy) is 1. The number of carbonyl (C=O) groups is 1. The Bertz CT molecular complexity index is 603. The fourth-order valence-corrected chi connectivity index (χ4v) is 1.71. The van der Waals surface area contributed by atoms with Crippen molar-refractivity contribution in [2.75, 3.05) is 0 Å². The lowest BCUT2D eigenvalue weighted by atomic mass is 9.97. The maximum atomic E-state index is 11.8. The monoisotopic (exact) mass is 293 g/mol. The smallest absolute Gasteiger partial charge is 0.316 e. The van der Waals surface area contributed by atoms with E-state index in [-0.39, 0.29) is 5.97 Å². The molecule has 0 spiro atoms. The van der Waals surface area contributed by atoms with E-state index < -0.39 is 5.41 Å². The Balaban J connectivity index is 2.12. The summed E-state index contributed by atoms with van der Waals surface area (Å²) in [5, 5.41) is 8.44. The second-order valence-corrected chi connectivity index (χ2v) is 5.87. The number of nitrogens with zero attached hydrogens (tertiary/aromatic N) is 3. The van der Waals surface area contributed by atoms with Crippen molar-refractivity contribution in [2.45, 2.75) is 27.3 Å². The van der Waals surface area contributed by atoms with Gasteiger partial charge in [0.15, 0.2) is 0 Å². The highest BCUT2D eigenvalue weighted by molar-refractivity contribution is 6.32. The summed E-state index contributed by atoms with van der Waals surface area (Å²) in [6, 6.07) is 5.27.